The third-order valence-corrected chi connectivity index (χ3v) is 4.35. The molecule has 7 nitrogen and oxygen atoms in total. The van der Waals surface area contributed by atoms with Crippen LogP contribution in [0.25, 0.3) is 11.1 Å². The van der Waals surface area contributed by atoms with E-state index in [0.29, 0.717) is 0 Å². The second kappa shape index (κ2) is 23.5. The average molecular weight is 507 g/mol. The van der Waals surface area contributed by atoms with E-state index >= 15 is 0 Å². The van der Waals surface area contributed by atoms with Crippen LogP contribution in [0.1, 0.15) is 80.9 Å². The highest BCUT2D eigenvalue weighted by molar-refractivity contribution is 5.79. The maximum atomic E-state index is 11.1. The summed E-state index contributed by atoms with van der Waals surface area (Å²) in [4.78, 5) is 31.0. The molecule has 3 rings (SSSR count). The first kappa shape index (κ1) is 40.0. The minimum atomic E-state index is -0.582. The van der Waals surface area contributed by atoms with Gasteiger partial charge in [0, 0.05) is 32.9 Å². The van der Waals surface area contributed by atoms with Crippen molar-refractivity contribution in [1.82, 2.24) is 10.6 Å². The van der Waals surface area contributed by atoms with E-state index in [1.807, 2.05) is 52.0 Å². The van der Waals surface area contributed by atoms with Crippen LogP contribution in [-0.4, -0.2) is 49.2 Å². The summed E-state index contributed by atoms with van der Waals surface area (Å²) in [7, 11) is 0. The zero-order chi connectivity index (χ0) is 25.2. The summed E-state index contributed by atoms with van der Waals surface area (Å²) in [6.45, 7) is 11.9. The van der Waals surface area contributed by atoms with Gasteiger partial charge in [0.2, 0.25) is 11.8 Å². The highest BCUT2D eigenvalue weighted by atomic mass is 16.5. The lowest BCUT2D eigenvalue weighted by atomic mass is 9.98. The third-order valence-electron chi connectivity index (χ3n) is 4.35. The van der Waals surface area contributed by atoms with Crippen LogP contribution in [-0.2, 0) is 19.1 Å². The fraction of sp³-hybridized carbons (Fsp3) is 0.483. The predicted molar refractivity (Wildman–Crippen MR) is 152 cm³/mol. The molecule has 7 heteroatoms. The number of nitrogens with one attached hydrogen (secondary N) is 2. The fourth-order valence-corrected chi connectivity index (χ4v) is 3.16. The van der Waals surface area contributed by atoms with Gasteiger partial charge in [0.25, 0.3) is 0 Å². The van der Waals surface area contributed by atoms with E-state index in [2.05, 4.69) is 34.9 Å². The van der Waals surface area contributed by atoms with Gasteiger partial charge < -0.3 is 20.5 Å². The van der Waals surface area contributed by atoms with Crippen molar-refractivity contribution in [2.24, 2.45) is 0 Å². The third kappa shape index (κ3) is 14.3. The lowest BCUT2D eigenvalue weighted by Gasteiger charge is -2.13. The van der Waals surface area contributed by atoms with Gasteiger partial charge in [-0.3, -0.25) is 9.59 Å². The van der Waals surface area contributed by atoms with E-state index in [9.17, 15) is 14.4 Å². The largest absolute Gasteiger partial charge is 0.463 e. The molecule has 36 heavy (non-hydrogen) atoms. The number of carbonyl (C=O) groups is 3. The number of carbonyl (C=O) groups excluding carboxylic acids is 3. The summed E-state index contributed by atoms with van der Waals surface area (Å²) in [5, 5.41) is 13.9. The Morgan fingerprint density at radius 2 is 1.14 bits per heavy atom. The van der Waals surface area contributed by atoms with Gasteiger partial charge in [-0.05, 0) is 36.1 Å². The molecule has 2 aromatic carbocycles. The van der Waals surface area contributed by atoms with Crippen molar-refractivity contribution in [1.29, 1.82) is 0 Å². The van der Waals surface area contributed by atoms with Gasteiger partial charge in [0.1, 0.15) is 13.2 Å². The quantitative estimate of drug-likeness (QED) is 0.461. The predicted octanol–water partition coefficient (Wildman–Crippen LogP) is 5.55. The van der Waals surface area contributed by atoms with E-state index in [1.165, 1.54) is 36.1 Å². The monoisotopic (exact) mass is 506 g/mol. The first-order valence-corrected chi connectivity index (χ1v) is 11.3. The second-order valence-corrected chi connectivity index (χ2v) is 6.74. The molecule has 0 unspecified atom stereocenters. The molecule has 1 aliphatic rings. The van der Waals surface area contributed by atoms with Crippen molar-refractivity contribution < 1.29 is 24.2 Å². The lowest BCUT2D eigenvalue weighted by Crippen LogP contribution is -2.18. The SMILES string of the molecule is C.C.C.CC.CCNC(C)=O.CCNC(C)=O.O=C(CO)OCC1c2ccccc2-c2ccccc21. The van der Waals surface area contributed by atoms with Crippen molar-refractivity contribution >= 4 is 17.8 Å². The standard InChI is InChI=1S/C16H14O3.2C4H9NO.C2H6.3CH4/c17-9-16(18)19-10-15-13-7-3-1-5-11(13)12-6-2-4-8-14(12)15;2*1-3-5-4(2)6;1-2;;;/h1-8,15,17H,9-10H2;2*3H2,1-2H3,(H,5,6);1-2H3;3*1H4. The summed E-state index contributed by atoms with van der Waals surface area (Å²) in [6.07, 6.45) is 0. The molecule has 0 fully saturated rings. The highest BCUT2D eigenvalue weighted by Crippen LogP contribution is 2.44. The van der Waals surface area contributed by atoms with Crippen molar-refractivity contribution in [3.8, 4) is 11.1 Å². The number of hydrogen-bond donors (Lipinski definition) is 3. The average Bonchev–Trinajstić information content (AvgIpc) is 3.13. The first-order valence-electron chi connectivity index (χ1n) is 11.3. The fourth-order valence-electron chi connectivity index (χ4n) is 3.16. The van der Waals surface area contributed by atoms with E-state index in [4.69, 9.17) is 9.84 Å². The van der Waals surface area contributed by atoms with Gasteiger partial charge in [0.15, 0.2) is 0 Å². The molecule has 0 saturated carbocycles. The molecule has 0 spiro atoms. The van der Waals surface area contributed by atoms with Crippen LogP contribution in [0.15, 0.2) is 48.5 Å². The Bertz CT molecular complexity index is 807. The number of ether oxygens (including phenoxy) is 1. The van der Waals surface area contributed by atoms with Crippen molar-refractivity contribution in [3.63, 3.8) is 0 Å². The van der Waals surface area contributed by atoms with E-state index in [0.717, 1.165) is 13.1 Å². The lowest BCUT2D eigenvalue weighted by molar-refractivity contribution is -0.147. The van der Waals surface area contributed by atoms with Crippen LogP contribution < -0.4 is 10.6 Å². The number of esters is 1. The summed E-state index contributed by atoms with van der Waals surface area (Å²) >= 11 is 0. The Kier molecular flexibility index (Phi) is 26.2. The van der Waals surface area contributed by atoms with Crippen LogP contribution in [0.3, 0.4) is 0 Å². The molecule has 2 aromatic rings. The van der Waals surface area contributed by atoms with Crippen molar-refractivity contribution in [2.45, 2.75) is 69.7 Å². The normalized spacial score (nSPS) is 9.53. The van der Waals surface area contributed by atoms with Crippen LogP contribution in [0.2, 0.25) is 0 Å². The molecule has 0 saturated heterocycles. The van der Waals surface area contributed by atoms with Gasteiger partial charge in [0.05, 0.1) is 0 Å². The molecular formula is C29H50N2O5. The smallest absolute Gasteiger partial charge is 0.331 e. The number of rotatable bonds is 5. The molecule has 0 aromatic heterocycles. The van der Waals surface area contributed by atoms with Crippen LogP contribution in [0.5, 0.6) is 0 Å². The maximum Gasteiger partial charge on any atom is 0.331 e. The summed E-state index contributed by atoms with van der Waals surface area (Å²) in [5.74, 6) is -0.445. The van der Waals surface area contributed by atoms with Crippen LogP contribution in [0.4, 0.5) is 0 Å². The summed E-state index contributed by atoms with van der Waals surface area (Å²) in [5.41, 5.74) is 4.75. The van der Waals surface area contributed by atoms with E-state index in [-0.39, 0.29) is 46.6 Å². The molecule has 1 aliphatic carbocycles. The summed E-state index contributed by atoms with van der Waals surface area (Å²) < 4.78 is 5.10. The molecule has 0 radical (unpaired) electrons. The molecule has 3 N–H and O–H groups in total. The zero-order valence-corrected chi connectivity index (χ0v) is 20.6. The highest BCUT2D eigenvalue weighted by Gasteiger charge is 2.28. The van der Waals surface area contributed by atoms with Crippen LogP contribution >= 0.6 is 0 Å². The minimum absolute atomic E-state index is 0. The van der Waals surface area contributed by atoms with Crippen LogP contribution in [0, 0.1) is 0 Å². The number of fused-ring (bicyclic) bond motifs is 3. The van der Waals surface area contributed by atoms with Gasteiger partial charge in [-0.2, -0.15) is 0 Å². The Hall–Kier alpha value is -3.19. The Morgan fingerprint density at radius 1 is 0.778 bits per heavy atom. The van der Waals surface area contributed by atoms with Gasteiger partial charge >= 0.3 is 5.97 Å². The topological polar surface area (TPSA) is 105 Å². The Labute approximate surface area is 219 Å². The molecule has 206 valence electrons. The first-order chi connectivity index (χ1) is 15.8. The molecule has 0 aliphatic heterocycles. The molecule has 2 amide bonds. The van der Waals surface area contributed by atoms with Crippen molar-refractivity contribution in [2.75, 3.05) is 26.3 Å². The van der Waals surface area contributed by atoms with Gasteiger partial charge in [-0.25, -0.2) is 4.79 Å². The Morgan fingerprint density at radius 3 is 1.42 bits per heavy atom. The summed E-state index contributed by atoms with van der Waals surface area (Å²) in [6, 6.07) is 16.3. The number of hydrogen-bond acceptors (Lipinski definition) is 5. The maximum absolute atomic E-state index is 11.1. The zero-order valence-electron chi connectivity index (χ0n) is 20.6. The second-order valence-electron chi connectivity index (χ2n) is 6.74. The minimum Gasteiger partial charge on any atom is -0.463 e. The number of amides is 2. The van der Waals surface area contributed by atoms with E-state index in [1.54, 1.807) is 0 Å². The molecular weight excluding hydrogens is 456 g/mol. The Balaban J connectivity index is -0.000000256. The van der Waals surface area contributed by atoms with E-state index < -0.39 is 12.6 Å². The van der Waals surface area contributed by atoms with Gasteiger partial charge in [-0.15, -0.1) is 0 Å². The molecule has 0 bridgehead atoms. The van der Waals surface area contributed by atoms with Crippen molar-refractivity contribution in [3.05, 3.63) is 59.7 Å². The number of aliphatic hydroxyl groups excluding tert-OH is 1. The number of benzene rings is 2. The van der Waals surface area contributed by atoms with Gasteiger partial charge in [-0.1, -0.05) is 84.7 Å². The number of aliphatic hydroxyl groups is 1. The molecule has 0 heterocycles. The molecule has 0 atom stereocenters.